The Morgan fingerprint density at radius 2 is 1.62 bits per heavy atom. The van der Waals surface area contributed by atoms with Gasteiger partial charge in [-0.25, -0.2) is 9.59 Å². The summed E-state index contributed by atoms with van der Waals surface area (Å²) in [5.41, 5.74) is 4.62. The third kappa shape index (κ3) is 5.66. The summed E-state index contributed by atoms with van der Waals surface area (Å²) in [4.78, 5) is 35.5. The number of hydrogen-bond donors (Lipinski definition) is 3. The molecule has 7 nitrogen and oxygen atoms in total. The minimum Gasteiger partial charge on any atom is -0.480 e. The van der Waals surface area contributed by atoms with E-state index in [4.69, 9.17) is 9.84 Å². The Morgan fingerprint density at radius 1 is 1.03 bits per heavy atom. The Hall–Kier alpha value is -3.35. The standard InChI is InChI=1S/C25H30N2O5/c1-3-8-22(24(29)30)27-23(28)13-16(2)14-26-25(31)32-15-21-19-11-6-4-9-17(19)18-10-5-7-12-20(18)21/h4-7,9-12,16,21-22H,3,8,13-15H2,1-2H3,(H,26,31)(H,27,28)(H,29,30). The lowest BCUT2D eigenvalue weighted by Gasteiger charge is -2.17. The van der Waals surface area contributed by atoms with Gasteiger partial charge in [-0.2, -0.15) is 0 Å². The van der Waals surface area contributed by atoms with E-state index in [0.29, 0.717) is 12.8 Å². The third-order valence-electron chi connectivity index (χ3n) is 5.68. The molecular formula is C25H30N2O5. The molecule has 32 heavy (non-hydrogen) atoms. The van der Waals surface area contributed by atoms with Gasteiger partial charge in [0.05, 0.1) is 0 Å². The van der Waals surface area contributed by atoms with Crippen LogP contribution in [0.15, 0.2) is 48.5 Å². The van der Waals surface area contributed by atoms with Gasteiger partial charge in [0, 0.05) is 18.9 Å². The number of amides is 2. The Balaban J connectivity index is 1.47. The van der Waals surface area contributed by atoms with Gasteiger partial charge in [-0.3, -0.25) is 4.79 Å². The molecule has 7 heteroatoms. The number of carboxylic acids is 1. The zero-order chi connectivity index (χ0) is 23.1. The molecule has 0 spiro atoms. The van der Waals surface area contributed by atoms with Gasteiger partial charge in [0.15, 0.2) is 0 Å². The number of benzene rings is 2. The summed E-state index contributed by atoms with van der Waals surface area (Å²) in [5, 5.41) is 14.4. The second-order valence-corrected chi connectivity index (χ2v) is 8.26. The summed E-state index contributed by atoms with van der Waals surface area (Å²) >= 11 is 0. The summed E-state index contributed by atoms with van der Waals surface area (Å²) in [7, 11) is 0. The first-order valence-corrected chi connectivity index (χ1v) is 11.0. The maximum Gasteiger partial charge on any atom is 0.407 e. The lowest BCUT2D eigenvalue weighted by molar-refractivity contribution is -0.142. The maximum absolute atomic E-state index is 12.3. The van der Waals surface area contributed by atoms with Gasteiger partial charge in [-0.1, -0.05) is 68.8 Å². The van der Waals surface area contributed by atoms with E-state index in [2.05, 4.69) is 34.9 Å². The van der Waals surface area contributed by atoms with Crippen molar-refractivity contribution in [2.75, 3.05) is 13.2 Å². The monoisotopic (exact) mass is 438 g/mol. The van der Waals surface area contributed by atoms with E-state index in [1.165, 1.54) is 11.1 Å². The van der Waals surface area contributed by atoms with Crippen LogP contribution in [0.25, 0.3) is 11.1 Å². The van der Waals surface area contributed by atoms with Crippen molar-refractivity contribution in [3.05, 3.63) is 59.7 Å². The highest BCUT2D eigenvalue weighted by atomic mass is 16.5. The summed E-state index contributed by atoms with van der Waals surface area (Å²) in [6.45, 7) is 4.17. The molecule has 2 unspecified atom stereocenters. The largest absolute Gasteiger partial charge is 0.480 e. The number of rotatable bonds is 10. The van der Waals surface area contributed by atoms with Crippen molar-refractivity contribution in [1.82, 2.24) is 10.6 Å². The molecule has 0 saturated heterocycles. The molecule has 2 aromatic rings. The van der Waals surface area contributed by atoms with Crippen LogP contribution in [-0.2, 0) is 14.3 Å². The van der Waals surface area contributed by atoms with Crippen molar-refractivity contribution >= 4 is 18.0 Å². The van der Waals surface area contributed by atoms with Crippen LogP contribution >= 0.6 is 0 Å². The number of aliphatic carboxylic acids is 1. The zero-order valence-corrected chi connectivity index (χ0v) is 18.5. The van der Waals surface area contributed by atoms with E-state index in [1.54, 1.807) is 0 Å². The molecule has 170 valence electrons. The van der Waals surface area contributed by atoms with Gasteiger partial charge in [-0.15, -0.1) is 0 Å². The van der Waals surface area contributed by atoms with Gasteiger partial charge in [0.2, 0.25) is 5.91 Å². The van der Waals surface area contributed by atoms with E-state index >= 15 is 0 Å². The average molecular weight is 439 g/mol. The first-order chi connectivity index (χ1) is 15.4. The highest BCUT2D eigenvalue weighted by Gasteiger charge is 2.29. The second-order valence-electron chi connectivity index (χ2n) is 8.26. The Kier molecular flexibility index (Phi) is 7.87. The molecule has 0 radical (unpaired) electrons. The number of carbonyl (C=O) groups is 3. The third-order valence-corrected chi connectivity index (χ3v) is 5.68. The molecule has 3 N–H and O–H groups in total. The summed E-state index contributed by atoms with van der Waals surface area (Å²) in [6.07, 6.45) is 0.634. The van der Waals surface area contributed by atoms with Crippen LogP contribution in [0.1, 0.15) is 50.2 Å². The SMILES string of the molecule is CCCC(NC(=O)CC(C)CNC(=O)OCC1c2ccccc2-c2ccccc21)C(=O)O. The fraction of sp³-hybridized carbons (Fsp3) is 0.400. The first kappa shape index (κ1) is 23.3. The van der Waals surface area contributed by atoms with Gasteiger partial charge in [0.25, 0.3) is 0 Å². The quantitative estimate of drug-likeness (QED) is 0.521. The predicted octanol–water partition coefficient (Wildman–Crippen LogP) is 3.92. The normalized spacial score (nSPS) is 14.1. The first-order valence-electron chi connectivity index (χ1n) is 11.0. The zero-order valence-electron chi connectivity index (χ0n) is 18.5. The maximum atomic E-state index is 12.3. The molecule has 2 amide bonds. The number of nitrogens with one attached hydrogen (secondary N) is 2. The van der Waals surface area contributed by atoms with Crippen molar-refractivity contribution in [1.29, 1.82) is 0 Å². The van der Waals surface area contributed by atoms with E-state index in [0.717, 1.165) is 11.1 Å². The molecule has 1 aliphatic carbocycles. The number of alkyl carbamates (subject to hydrolysis) is 1. The smallest absolute Gasteiger partial charge is 0.407 e. The van der Waals surface area contributed by atoms with E-state index in [1.807, 2.05) is 38.1 Å². The Morgan fingerprint density at radius 3 is 2.19 bits per heavy atom. The Bertz CT molecular complexity index is 929. The van der Waals surface area contributed by atoms with Crippen LogP contribution in [0.5, 0.6) is 0 Å². The molecule has 0 bridgehead atoms. The fourth-order valence-corrected chi connectivity index (χ4v) is 4.09. The molecule has 0 fully saturated rings. The predicted molar refractivity (Wildman–Crippen MR) is 121 cm³/mol. The highest BCUT2D eigenvalue weighted by molar-refractivity contribution is 5.83. The van der Waals surface area contributed by atoms with Crippen LogP contribution in [0.3, 0.4) is 0 Å². The van der Waals surface area contributed by atoms with Crippen LogP contribution < -0.4 is 10.6 Å². The molecule has 0 aromatic heterocycles. The minimum absolute atomic E-state index is 0.0112. The van der Waals surface area contributed by atoms with E-state index in [-0.39, 0.29) is 37.3 Å². The van der Waals surface area contributed by atoms with Gasteiger partial charge in [0.1, 0.15) is 12.6 Å². The molecule has 0 heterocycles. The number of ether oxygens (including phenoxy) is 1. The summed E-state index contributed by atoms with van der Waals surface area (Å²) in [6, 6.07) is 15.4. The lowest BCUT2D eigenvalue weighted by atomic mass is 9.98. The topological polar surface area (TPSA) is 105 Å². The molecule has 1 aliphatic rings. The van der Waals surface area contributed by atoms with E-state index in [9.17, 15) is 14.4 Å². The molecule has 0 saturated carbocycles. The second kappa shape index (κ2) is 10.8. The Labute approximate surface area is 188 Å². The molecular weight excluding hydrogens is 408 g/mol. The van der Waals surface area contributed by atoms with Crippen LogP contribution in [0.2, 0.25) is 0 Å². The van der Waals surface area contributed by atoms with Gasteiger partial charge in [-0.05, 0) is 34.6 Å². The van der Waals surface area contributed by atoms with Crippen LogP contribution in [0.4, 0.5) is 4.79 Å². The summed E-state index contributed by atoms with van der Waals surface area (Å²) in [5.74, 6) is -1.55. The van der Waals surface area contributed by atoms with Crippen molar-refractivity contribution in [2.45, 2.75) is 45.1 Å². The number of carbonyl (C=O) groups excluding carboxylic acids is 2. The van der Waals surface area contributed by atoms with Crippen LogP contribution in [0, 0.1) is 5.92 Å². The van der Waals surface area contributed by atoms with Crippen molar-refractivity contribution in [2.24, 2.45) is 5.92 Å². The van der Waals surface area contributed by atoms with Gasteiger partial charge < -0.3 is 20.5 Å². The number of hydrogen-bond acceptors (Lipinski definition) is 4. The number of carboxylic acid groups (broad SMARTS) is 1. The minimum atomic E-state index is -1.04. The molecule has 2 atom stereocenters. The molecule has 0 aliphatic heterocycles. The average Bonchev–Trinajstić information content (AvgIpc) is 3.09. The number of fused-ring (bicyclic) bond motifs is 3. The van der Waals surface area contributed by atoms with Crippen molar-refractivity contribution < 1.29 is 24.2 Å². The van der Waals surface area contributed by atoms with E-state index < -0.39 is 18.1 Å². The van der Waals surface area contributed by atoms with Crippen molar-refractivity contribution in [3.63, 3.8) is 0 Å². The summed E-state index contributed by atoms with van der Waals surface area (Å²) < 4.78 is 5.49. The van der Waals surface area contributed by atoms with Gasteiger partial charge >= 0.3 is 12.1 Å². The molecule has 2 aromatic carbocycles. The fourth-order valence-electron chi connectivity index (χ4n) is 4.09. The van der Waals surface area contributed by atoms with Crippen LogP contribution in [-0.4, -0.2) is 42.3 Å². The lowest BCUT2D eigenvalue weighted by Crippen LogP contribution is -2.42. The van der Waals surface area contributed by atoms with Crippen molar-refractivity contribution in [3.8, 4) is 11.1 Å². The highest BCUT2D eigenvalue weighted by Crippen LogP contribution is 2.44. The molecule has 3 rings (SSSR count).